The summed E-state index contributed by atoms with van der Waals surface area (Å²) >= 11 is 0. The lowest BCUT2D eigenvalue weighted by molar-refractivity contribution is 1.21. The standard InChI is InChI=1S/C15H12N2/c1-11-4-2-6-15(17-11)13-7-8-14-12(10-13)5-3-9-16-14/h2-10H,1H3. The van der Waals surface area contributed by atoms with E-state index < -0.39 is 0 Å². The van der Waals surface area contributed by atoms with Gasteiger partial charge in [0.2, 0.25) is 0 Å². The lowest BCUT2D eigenvalue weighted by Gasteiger charge is -2.03. The lowest BCUT2D eigenvalue weighted by Crippen LogP contribution is -1.86. The molecule has 0 aliphatic carbocycles. The van der Waals surface area contributed by atoms with Gasteiger partial charge in [-0.1, -0.05) is 18.2 Å². The number of nitrogens with zero attached hydrogens (tertiary/aromatic N) is 2. The second-order valence-corrected chi connectivity index (χ2v) is 4.08. The van der Waals surface area contributed by atoms with Crippen LogP contribution in [-0.2, 0) is 0 Å². The summed E-state index contributed by atoms with van der Waals surface area (Å²) in [5.74, 6) is 0. The molecule has 1 aromatic carbocycles. The van der Waals surface area contributed by atoms with Crippen molar-refractivity contribution in [1.29, 1.82) is 0 Å². The number of pyridine rings is 2. The largest absolute Gasteiger partial charge is 0.256 e. The first kappa shape index (κ1) is 9.97. The van der Waals surface area contributed by atoms with Gasteiger partial charge in [0.15, 0.2) is 0 Å². The number of aromatic nitrogens is 2. The van der Waals surface area contributed by atoms with Crippen LogP contribution in [-0.4, -0.2) is 9.97 Å². The van der Waals surface area contributed by atoms with Crippen LogP contribution in [0.1, 0.15) is 5.69 Å². The number of hydrogen-bond donors (Lipinski definition) is 0. The van der Waals surface area contributed by atoms with Crippen LogP contribution in [0.5, 0.6) is 0 Å². The molecule has 2 heteroatoms. The monoisotopic (exact) mass is 220 g/mol. The molecule has 0 saturated carbocycles. The summed E-state index contributed by atoms with van der Waals surface area (Å²) in [6, 6.07) is 16.3. The zero-order chi connectivity index (χ0) is 11.7. The van der Waals surface area contributed by atoms with E-state index in [2.05, 4.69) is 28.2 Å². The summed E-state index contributed by atoms with van der Waals surface area (Å²) in [4.78, 5) is 8.84. The molecule has 0 atom stereocenters. The Morgan fingerprint density at radius 1 is 0.941 bits per heavy atom. The molecule has 0 saturated heterocycles. The minimum absolute atomic E-state index is 1.01. The first-order valence-corrected chi connectivity index (χ1v) is 5.62. The Morgan fingerprint density at radius 2 is 1.88 bits per heavy atom. The summed E-state index contributed by atoms with van der Waals surface area (Å²) in [5.41, 5.74) is 4.20. The van der Waals surface area contributed by atoms with Crippen LogP contribution in [0.4, 0.5) is 0 Å². The molecule has 0 fully saturated rings. The Balaban J connectivity index is 2.18. The van der Waals surface area contributed by atoms with Crippen molar-refractivity contribution < 1.29 is 0 Å². The van der Waals surface area contributed by atoms with Crippen LogP contribution < -0.4 is 0 Å². The lowest BCUT2D eigenvalue weighted by atomic mass is 10.1. The second-order valence-electron chi connectivity index (χ2n) is 4.08. The van der Waals surface area contributed by atoms with Gasteiger partial charge in [-0.05, 0) is 37.3 Å². The molecule has 0 unspecified atom stereocenters. The molecule has 2 aromatic heterocycles. The summed E-state index contributed by atoms with van der Waals surface area (Å²) in [6.07, 6.45) is 1.81. The van der Waals surface area contributed by atoms with Gasteiger partial charge in [0.25, 0.3) is 0 Å². The molecule has 0 spiro atoms. The minimum Gasteiger partial charge on any atom is -0.256 e. The van der Waals surface area contributed by atoms with Crippen LogP contribution in [0.15, 0.2) is 54.7 Å². The maximum absolute atomic E-state index is 4.53. The van der Waals surface area contributed by atoms with Crippen molar-refractivity contribution in [2.45, 2.75) is 6.92 Å². The molecular formula is C15H12N2. The van der Waals surface area contributed by atoms with Gasteiger partial charge in [-0.2, -0.15) is 0 Å². The number of fused-ring (bicyclic) bond motifs is 1. The van der Waals surface area contributed by atoms with Gasteiger partial charge >= 0.3 is 0 Å². The fourth-order valence-electron chi connectivity index (χ4n) is 1.94. The van der Waals surface area contributed by atoms with Gasteiger partial charge in [0, 0.05) is 22.8 Å². The van der Waals surface area contributed by atoms with Crippen LogP contribution in [0.25, 0.3) is 22.2 Å². The van der Waals surface area contributed by atoms with Crippen LogP contribution >= 0.6 is 0 Å². The van der Waals surface area contributed by atoms with E-state index in [-0.39, 0.29) is 0 Å². The summed E-state index contributed by atoms with van der Waals surface area (Å²) in [5, 5.41) is 1.15. The van der Waals surface area contributed by atoms with Gasteiger partial charge in [-0.3, -0.25) is 9.97 Å². The third-order valence-electron chi connectivity index (χ3n) is 2.79. The Hall–Kier alpha value is -2.22. The number of rotatable bonds is 1. The van der Waals surface area contributed by atoms with E-state index in [0.717, 1.165) is 27.9 Å². The van der Waals surface area contributed by atoms with E-state index in [1.807, 2.05) is 43.5 Å². The van der Waals surface area contributed by atoms with Crippen molar-refractivity contribution in [3.63, 3.8) is 0 Å². The molecular weight excluding hydrogens is 208 g/mol. The SMILES string of the molecule is Cc1cccc(-c2ccc3ncccc3c2)n1. The van der Waals surface area contributed by atoms with Crippen molar-refractivity contribution in [3.05, 3.63) is 60.4 Å². The Morgan fingerprint density at radius 3 is 2.76 bits per heavy atom. The third kappa shape index (κ3) is 1.89. The first-order chi connectivity index (χ1) is 8.33. The average Bonchev–Trinajstić information content (AvgIpc) is 2.38. The first-order valence-electron chi connectivity index (χ1n) is 5.62. The third-order valence-corrected chi connectivity index (χ3v) is 2.79. The normalized spacial score (nSPS) is 10.6. The smallest absolute Gasteiger partial charge is 0.0705 e. The molecule has 82 valence electrons. The van der Waals surface area contributed by atoms with Gasteiger partial charge in [0.1, 0.15) is 0 Å². The van der Waals surface area contributed by atoms with Gasteiger partial charge in [-0.15, -0.1) is 0 Å². The minimum atomic E-state index is 1.01. The van der Waals surface area contributed by atoms with E-state index in [4.69, 9.17) is 0 Å². The average molecular weight is 220 g/mol. The van der Waals surface area contributed by atoms with Crippen molar-refractivity contribution in [2.75, 3.05) is 0 Å². The maximum atomic E-state index is 4.53. The van der Waals surface area contributed by atoms with E-state index in [1.54, 1.807) is 0 Å². The molecule has 0 bridgehead atoms. The molecule has 2 nitrogen and oxygen atoms in total. The number of aryl methyl sites for hydroxylation is 1. The highest BCUT2D eigenvalue weighted by Crippen LogP contribution is 2.21. The molecule has 0 aliphatic heterocycles. The Kier molecular flexibility index (Phi) is 2.33. The summed E-state index contributed by atoms with van der Waals surface area (Å²) in [7, 11) is 0. The van der Waals surface area contributed by atoms with E-state index in [1.165, 1.54) is 0 Å². The quantitative estimate of drug-likeness (QED) is 0.626. The van der Waals surface area contributed by atoms with Gasteiger partial charge in [-0.25, -0.2) is 0 Å². The fraction of sp³-hybridized carbons (Fsp3) is 0.0667. The van der Waals surface area contributed by atoms with E-state index in [0.29, 0.717) is 0 Å². The fourth-order valence-corrected chi connectivity index (χ4v) is 1.94. The summed E-state index contributed by atoms with van der Waals surface area (Å²) in [6.45, 7) is 2.01. The maximum Gasteiger partial charge on any atom is 0.0705 e. The van der Waals surface area contributed by atoms with Crippen molar-refractivity contribution in [1.82, 2.24) is 9.97 Å². The molecule has 0 N–H and O–H groups in total. The topological polar surface area (TPSA) is 25.8 Å². The van der Waals surface area contributed by atoms with Crippen molar-refractivity contribution in [3.8, 4) is 11.3 Å². The number of hydrogen-bond acceptors (Lipinski definition) is 2. The molecule has 0 aliphatic rings. The molecule has 2 heterocycles. The highest BCUT2D eigenvalue weighted by Gasteiger charge is 2.01. The predicted octanol–water partition coefficient (Wildman–Crippen LogP) is 3.61. The molecule has 0 radical (unpaired) electrons. The highest BCUT2D eigenvalue weighted by atomic mass is 14.7. The second kappa shape index (κ2) is 3.98. The Labute approximate surface area is 100.0 Å². The van der Waals surface area contributed by atoms with Gasteiger partial charge in [0.05, 0.1) is 11.2 Å². The van der Waals surface area contributed by atoms with Crippen molar-refractivity contribution in [2.24, 2.45) is 0 Å². The van der Waals surface area contributed by atoms with E-state index >= 15 is 0 Å². The predicted molar refractivity (Wildman–Crippen MR) is 69.7 cm³/mol. The Bertz CT molecular complexity index is 674. The zero-order valence-corrected chi connectivity index (χ0v) is 9.59. The number of benzene rings is 1. The van der Waals surface area contributed by atoms with E-state index in [9.17, 15) is 0 Å². The van der Waals surface area contributed by atoms with Crippen LogP contribution in [0.2, 0.25) is 0 Å². The molecule has 3 rings (SSSR count). The zero-order valence-electron chi connectivity index (χ0n) is 9.59. The molecule has 17 heavy (non-hydrogen) atoms. The van der Waals surface area contributed by atoms with Gasteiger partial charge < -0.3 is 0 Å². The van der Waals surface area contributed by atoms with Crippen LogP contribution in [0, 0.1) is 6.92 Å². The summed E-state index contributed by atoms with van der Waals surface area (Å²) < 4.78 is 0. The van der Waals surface area contributed by atoms with Crippen LogP contribution in [0.3, 0.4) is 0 Å². The molecule has 0 amide bonds. The van der Waals surface area contributed by atoms with Crippen molar-refractivity contribution >= 4 is 10.9 Å². The highest BCUT2D eigenvalue weighted by molar-refractivity contribution is 5.83. The molecule has 3 aromatic rings.